The Balaban J connectivity index is 1.98. The molecule has 8 heteroatoms. The molecule has 0 aliphatic carbocycles. The lowest BCUT2D eigenvalue weighted by atomic mass is 10.0. The highest BCUT2D eigenvalue weighted by molar-refractivity contribution is 8.14. The van der Waals surface area contributed by atoms with E-state index in [4.69, 9.17) is 4.74 Å². The Labute approximate surface area is 127 Å². The number of imide groups is 1. The van der Waals surface area contributed by atoms with Gasteiger partial charge >= 0.3 is 6.09 Å². The van der Waals surface area contributed by atoms with E-state index in [1.54, 1.807) is 20.8 Å². The molecule has 2 rings (SSSR count). The monoisotopic (exact) mass is 316 g/mol. The minimum atomic E-state index is -0.946. The van der Waals surface area contributed by atoms with E-state index in [1.807, 2.05) is 0 Å². The molecule has 118 valence electrons. The van der Waals surface area contributed by atoms with Crippen LogP contribution in [0.3, 0.4) is 0 Å². The van der Waals surface area contributed by atoms with E-state index in [-0.39, 0.29) is 23.4 Å². The Morgan fingerprint density at radius 3 is 2.52 bits per heavy atom. The third-order valence-electron chi connectivity index (χ3n) is 3.31. The number of ether oxygens (including phenoxy) is 1. The number of thioether (sulfide) groups is 1. The normalized spacial score (nSPS) is 27.2. The predicted octanol–water partition coefficient (Wildman–Crippen LogP) is 1.05. The molecule has 2 saturated heterocycles. The van der Waals surface area contributed by atoms with Gasteiger partial charge < -0.3 is 14.7 Å². The van der Waals surface area contributed by atoms with Crippen molar-refractivity contribution in [2.24, 2.45) is 0 Å². The van der Waals surface area contributed by atoms with Crippen molar-refractivity contribution in [3.63, 3.8) is 0 Å². The second kappa shape index (κ2) is 5.84. The van der Waals surface area contributed by atoms with Gasteiger partial charge in [0.05, 0.1) is 24.4 Å². The van der Waals surface area contributed by atoms with Crippen LogP contribution in [0.15, 0.2) is 0 Å². The summed E-state index contributed by atoms with van der Waals surface area (Å²) >= 11 is 0.945. The molecule has 0 aromatic carbocycles. The van der Waals surface area contributed by atoms with E-state index in [0.29, 0.717) is 13.0 Å². The van der Waals surface area contributed by atoms with E-state index in [1.165, 1.54) is 4.90 Å². The SMILES string of the molecule is CC(C)(C)OC(=O)N1CC[C@@H](N2C(=O)CSC2=O)[C@H](O)C1. The number of likely N-dealkylation sites (tertiary alicyclic amines) is 1. The Kier molecular flexibility index (Phi) is 4.48. The second-order valence-electron chi connectivity index (χ2n) is 6.17. The molecule has 0 radical (unpaired) electrons. The first-order valence-corrected chi connectivity index (χ1v) is 7.82. The average molecular weight is 316 g/mol. The Hall–Kier alpha value is -1.28. The lowest BCUT2D eigenvalue weighted by molar-refractivity contribution is -0.129. The molecule has 1 N–H and O–H groups in total. The zero-order chi connectivity index (χ0) is 15.8. The van der Waals surface area contributed by atoms with E-state index < -0.39 is 23.8 Å². The van der Waals surface area contributed by atoms with Crippen LogP contribution in [-0.4, -0.2) is 68.7 Å². The van der Waals surface area contributed by atoms with Crippen LogP contribution < -0.4 is 0 Å². The van der Waals surface area contributed by atoms with Gasteiger partial charge in [0.25, 0.3) is 5.24 Å². The third kappa shape index (κ3) is 3.68. The molecule has 2 aliphatic heterocycles. The average Bonchev–Trinajstić information content (AvgIpc) is 2.67. The van der Waals surface area contributed by atoms with Gasteiger partial charge in [-0.25, -0.2) is 4.79 Å². The van der Waals surface area contributed by atoms with Gasteiger partial charge in [0.2, 0.25) is 5.91 Å². The predicted molar refractivity (Wildman–Crippen MR) is 76.9 cm³/mol. The van der Waals surface area contributed by atoms with Crippen LogP contribution in [0.2, 0.25) is 0 Å². The highest BCUT2D eigenvalue weighted by atomic mass is 32.2. The van der Waals surface area contributed by atoms with Crippen LogP contribution in [0, 0.1) is 0 Å². The molecule has 0 aromatic rings. The molecule has 0 saturated carbocycles. The van der Waals surface area contributed by atoms with Gasteiger partial charge in [-0.3, -0.25) is 14.5 Å². The van der Waals surface area contributed by atoms with Crippen molar-refractivity contribution in [1.82, 2.24) is 9.80 Å². The first kappa shape index (κ1) is 16.1. The van der Waals surface area contributed by atoms with Crippen molar-refractivity contribution in [3.8, 4) is 0 Å². The summed E-state index contributed by atoms with van der Waals surface area (Å²) in [6.45, 7) is 5.71. The van der Waals surface area contributed by atoms with Crippen LogP contribution in [0.25, 0.3) is 0 Å². The van der Waals surface area contributed by atoms with E-state index in [9.17, 15) is 19.5 Å². The number of rotatable bonds is 1. The molecule has 21 heavy (non-hydrogen) atoms. The number of nitrogens with zero attached hydrogens (tertiary/aromatic N) is 2. The second-order valence-corrected chi connectivity index (χ2v) is 7.09. The molecule has 2 fully saturated rings. The van der Waals surface area contributed by atoms with Crippen LogP contribution >= 0.6 is 11.8 Å². The number of carbonyl (C=O) groups excluding carboxylic acids is 3. The fourth-order valence-corrected chi connectivity index (χ4v) is 3.16. The number of aliphatic hydroxyl groups is 1. The standard InChI is InChI=1S/C13H20N2O5S/c1-13(2,3)20-11(18)14-5-4-8(9(16)6-14)15-10(17)7-21-12(15)19/h8-9,16H,4-7H2,1-3H3/t8-,9-/m1/s1. The van der Waals surface area contributed by atoms with E-state index in [2.05, 4.69) is 0 Å². The minimum Gasteiger partial charge on any atom is -0.444 e. The summed E-state index contributed by atoms with van der Waals surface area (Å²) < 4.78 is 5.25. The van der Waals surface area contributed by atoms with Gasteiger partial charge in [-0.2, -0.15) is 0 Å². The smallest absolute Gasteiger partial charge is 0.410 e. The molecule has 0 bridgehead atoms. The Bertz CT molecular complexity index is 446. The fraction of sp³-hybridized carbons (Fsp3) is 0.769. The van der Waals surface area contributed by atoms with Crippen molar-refractivity contribution in [2.45, 2.75) is 44.9 Å². The highest BCUT2D eigenvalue weighted by Crippen LogP contribution is 2.27. The fourth-order valence-electron chi connectivity index (χ4n) is 2.40. The molecule has 0 aromatic heterocycles. The Morgan fingerprint density at radius 2 is 2.05 bits per heavy atom. The first-order valence-electron chi connectivity index (χ1n) is 6.84. The quantitative estimate of drug-likeness (QED) is 0.778. The van der Waals surface area contributed by atoms with Crippen LogP contribution in [0.5, 0.6) is 0 Å². The van der Waals surface area contributed by atoms with Gasteiger partial charge in [0.1, 0.15) is 5.60 Å². The topological polar surface area (TPSA) is 87.2 Å². The van der Waals surface area contributed by atoms with Crippen LogP contribution in [-0.2, 0) is 9.53 Å². The number of piperidine rings is 1. The largest absolute Gasteiger partial charge is 0.444 e. The number of β-amino-alcohol motifs (C(OH)–C–C–N with tert-alkyl or cyclic N) is 1. The number of carbonyl (C=O) groups is 3. The minimum absolute atomic E-state index is 0.0569. The van der Waals surface area contributed by atoms with Crippen molar-refractivity contribution < 1.29 is 24.2 Å². The summed E-state index contributed by atoms with van der Waals surface area (Å²) in [5, 5.41) is 9.85. The molecule has 2 aliphatic rings. The number of amides is 3. The summed E-state index contributed by atoms with van der Waals surface area (Å²) in [4.78, 5) is 37.9. The zero-order valence-electron chi connectivity index (χ0n) is 12.4. The summed E-state index contributed by atoms with van der Waals surface area (Å²) in [6.07, 6.45) is -1.08. The third-order valence-corrected chi connectivity index (χ3v) is 4.15. The highest BCUT2D eigenvalue weighted by Gasteiger charge is 2.42. The number of hydrogen-bond acceptors (Lipinski definition) is 6. The maximum atomic E-state index is 12.0. The molecule has 0 spiro atoms. The number of aliphatic hydroxyl groups excluding tert-OH is 1. The summed E-state index contributed by atoms with van der Waals surface area (Å²) in [5.41, 5.74) is -0.601. The van der Waals surface area contributed by atoms with Gasteiger partial charge in [0.15, 0.2) is 0 Å². The van der Waals surface area contributed by atoms with E-state index in [0.717, 1.165) is 16.7 Å². The molecule has 2 atom stereocenters. The van der Waals surface area contributed by atoms with Gasteiger partial charge in [-0.15, -0.1) is 0 Å². The van der Waals surface area contributed by atoms with E-state index >= 15 is 0 Å². The first-order chi connectivity index (χ1) is 9.69. The van der Waals surface area contributed by atoms with Crippen molar-refractivity contribution in [3.05, 3.63) is 0 Å². The molecule has 7 nitrogen and oxygen atoms in total. The zero-order valence-corrected chi connectivity index (χ0v) is 13.2. The van der Waals surface area contributed by atoms with Crippen molar-refractivity contribution >= 4 is 29.0 Å². The summed E-state index contributed by atoms with van der Waals surface area (Å²) in [7, 11) is 0. The maximum Gasteiger partial charge on any atom is 0.410 e. The van der Waals surface area contributed by atoms with Crippen LogP contribution in [0.4, 0.5) is 9.59 Å². The summed E-state index contributed by atoms with van der Waals surface area (Å²) in [6, 6.07) is -0.557. The van der Waals surface area contributed by atoms with Gasteiger partial charge in [0, 0.05) is 6.54 Å². The van der Waals surface area contributed by atoms with Gasteiger partial charge in [-0.05, 0) is 27.2 Å². The molecule has 0 unspecified atom stereocenters. The van der Waals surface area contributed by atoms with Crippen molar-refractivity contribution in [1.29, 1.82) is 0 Å². The molecule has 2 heterocycles. The molecule has 3 amide bonds. The maximum absolute atomic E-state index is 12.0. The Morgan fingerprint density at radius 1 is 1.38 bits per heavy atom. The summed E-state index contributed by atoms with van der Waals surface area (Å²) in [5.74, 6) is -0.155. The van der Waals surface area contributed by atoms with Gasteiger partial charge in [-0.1, -0.05) is 11.8 Å². The lowest BCUT2D eigenvalue weighted by Crippen LogP contribution is -2.57. The van der Waals surface area contributed by atoms with Crippen LogP contribution in [0.1, 0.15) is 27.2 Å². The van der Waals surface area contributed by atoms with Crippen molar-refractivity contribution in [2.75, 3.05) is 18.8 Å². The molecular formula is C13H20N2O5S. The number of hydrogen-bond donors (Lipinski definition) is 1. The molecular weight excluding hydrogens is 296 g/mol. The lowest BCUT2D eigenvalue weighted by Gasteiger charge is -2.39.